The van der Waals surface area contributed by atoms with Crippen molar-refractivity contribution in [1.29, 1.82) is 0 Å². The van der Waals surface area contributed by atoms with Crippen LogP contribution in [-0.2, 0) is 13.0 Å². The molecule has 0 unspecified atom stereocenters. The number of nitrogens with zero attached hydrogens (tertiary/aromatic N) is 6. The lowest BCUT2D eigenvalue weighted by atomic mass is 10.1. The SMILES string of the molecule is CCc1c(Cn2ccnc2-c2ccccc2Cl)ncn2ncnc12. The molecule has 3 heterocycles. The van der Waals surface area contributed by atoms with Crippen molar-refractivity contribution < 1.29 is 0 Å². The molecule has 4 rings (SSSR count). The molecule has 0 N–H and O–H groups in total. The third-order valence-corrected chi connectivity index (χ3v) is 4.35. The molecule has 0 aliphatic rings. The maximum atomic E-state index is 6.32. The number of imidazole rings is 1. The lowest BCUT2D eigenvalue weighted by Crippen LogP contribution is -2.09. The topological polar surface area (TPSA) is 60.9 Å². The van der Waals surface area contributed by atoms with Crippen molar-refractivity contribution >= 4 is 17.2 Å². The van der Waals surface area contributed by atoms with Crippen molar-refractivity contribution in [2.24, 2.45) is 0 Å². The molecule has 0 saturated carbocycles. The molecule has 0 atom stereocenters. The molecule has 0 aliphatic heterocycles. The predicted octanol–water partition coefficient (Wildman–Crippen LogP) is 3.25. The number of fused-ring (bicyclic) bond motifs is 1. The van der Waals surface area contributed by atoms with Crippen LogP contribution in [0.4, 0.5) is 0 Å². The van der Waals surface area contributed by atoms with E-state index in [1.165, 1.54) is 0 Å². The van der Waals surface area contributed by atoms with Crippen LogP contribution >= 0.6 is 11.6 Å². The van der Waals surface area contributed by atoms with Crippen LogP contribution in [0.1, 0.15) is 18.2 Å². The molecule has 0 amide bonds. The van der Waals surface area contributed by atoms with Crippen LogP contribution in [0.3, 0.4) is 0 Å². The zero-order chi connectivity index (χ0) is 16.5. The van der Waals surface area contributed by atoms with Gasteiger partial charge in [0.05, 0.1) is 17.3 Å². The first kappa shape index (κ1) is 14.8. The van der Waals surface area contributed by atoms with Crippen molar-refractivity contribution in [3.8, 4) is 11.4 Å². The number of benzene rings is 1. The fourth-order valence-electron chi connectivity index (χ4n) is 2.87. The molecule has 6 nitrogen and oxygen atoms in total. The third-order valence-electron chi connectivity index (χ3n) is 4.02. The van der Waals surface area contributed by atoms with E-state index in [1.54, 1.807) is 23.4 Å². The van der Waals surface area contributed by atoms with Crippen LogP contribution in [0.5, 0.6) is 0 Å². The summed E-state index contributed by atoms with van der Waals surface area (Å²) in [4.78, 5) is 13.4. The summed E-state index contributed by atoms with van der Waals surface area (Å²) < 4.78 is 3.75. The van der Waals surface area contributed by atoms with E-state index in [-0.39, 0.29) is 0 Å². The fourth-order valence-corrected chi connectivity index (χ4v) is 3.09. The summed E-state index contributed by atoms with van der Waals surface area (Å²) in [5.74, 6) is 0.825. The molecule has 3 aromatic heterocycles. The van der Waals surface area contributed by atoms with E-state index in [9.17, 15) is 0 Å². The van der Waals surface area contributed by atoms with Crippen LogP contribution in [0, 0.1) is 0 Å². The summed E-state index contributed by atoms with van der Waals surface area (Å²) in [5.41, 5.74) is 3.81. The first-order chi connectivity index (χ1) is 11.8. The summed E-state index contributed by atoms with van der Waals surface area (Å²) in [6.07, 6.45) is 7.80. The average molecular weight is 339 g/mol. The minimum atomic E-state index is 0.604. The number of aromatic nitrogens is 6. The molecule has 120 valence electrons. The Morgan fingerprint density at radius 3 is 2.83 bits per heavy atom. The molecule has 0 fully saturated rings. The largest absolute Gasteiger partial charge is 0.325 e. The van der Waals surface area contributed by atoms with Gasteiger partial charge in [0.25, 0.3) is 0 Å². The molecule has 24 heavy (non-hydrogen) atoms. The van der Waals surface area contributed by atoms with Gasteiger partial charge in [0.1, 0.15) is 18.5 Å². The Hall–Kier alpha value is -2.73. The summed E-state index contributed by atoms with van der Waals surface area (Å²) >= 11 is 6.32. The van der Waals surface area contributed by atoms with E-state index < -0.39 is 0 Å². The van der Waals surface area contributed by atoms with E-state index in [2.05, 4.69) is 31.5 Å². The highest BCUT2D eigenvalue weighted by atomic mass is 35.5. The summed E-state index contributed by atoms with van der Waals surface area (Å²) in [5, 5.41) is 4.83. The summed E-state index contributed by atoms with van der Waals surface area (Å²) in [6, 6.07) is 7.71. The quantitative estimate of drug-likeness (QED) is 0.573. The molecule has 0 radical (unpaired) electrons. The fraction of sp³-hybridized carbons (Fsp3) is 0.176. The molecule has 0 saturated heterocycles. The van der Waals surface area contributed by atoms with Crippen molar-refractivity contribution in [1.82, 2.24) is 29.1 Å². The van der Waals surface area contributed by atoms with Crippen molar-refractivity contribution in [2.45, 2.75) is 19.9 Å². The highest BCUT2D eigenvalue weighted by Gasteiger charge is 2.14. The van der Waals surface area contributed by atoms with Crippen LogP contribution < -0.4 is 0 Å². The van der Waals surface area contributed by atoms with Gasteiger partial charge in [-0.15, -0.1) is 0 Å². The smallest absolute Gasteiger partial charge is 0.162 e. The standard InChI is InChI=1S/C17H15ClN6/c1-2-12-15(21-11-24-17(12)20-10-22-24)9-23-8-7-19-16(23)13-5-3-4-6-14(13)18/h3-8,10-11H,2,9H2,1H3. The Morgan fingerprint density at radius 2 is 2.00 bits per heavy atom. The minimum absolute atomic E-state index is 0.604. The lowest BCUT2D eigenvalue weighted by molar-refractivity contribution is 0.754. The Labute approximate surface area is 143 Å². The molecule has 1 aromatic carbocycles. The normalized spacial score (nSPS) is 11.2. The summed E-state index contributed by atoms with van der Waals surface area (Å²) in [7, 11) is 0. The van der Waals surface area contributed by atoms with Gasteiger partial charge in [0.15, 0.2) is 5.65 Å². The predicted molar refractivity (Wildman–Crippen MR) is 91.9 cm³/mol. The second-order valence-electron chi connectivity index (χ2n) is 5.41. The van der Waals surface area contributed by atoms with E-state index in [0.717, 1.165) is 34.7 Å². The van der Waals surface area contributed by atoms with Crippen LogP contribution in [0.25, 0.3) is 17.0 Å². The molecule has 4 aromatic rings. The number of halogens is 1. The Morgan fingerprint density at radius 1 is 1.12 bits per heavy atom. The summed E-state index contributed by atoms with van der Waals surface area (Å²) in [6.45, 7) is 2.70. The van der Waals surface area contributed by atoms with Gasteiger partial charge in [-0.25, -0.2) is 19.5 Å². The van der Waals surface area contributed by atoms with Crippen molar-refractivity contribution in [2.75, 3.05) is 0 Å². The molecule has 0 bridgehead atoms. The average Bonchev–Trinajstić information content (AvgIpc) is 3.24. The van der Waals surface area contributed by atoms with Gasteiger partial charge in [-0.05, 0) is 18.6 Å². The van der Waals surface area contributed by atoms with Gasteiger partial charge in [-0.3, -0.25) is 0 Å². The Bertz CT molecular complexity index is 1000. The highest BCUT2D eigenvalue weighted by Crippen LogP contribution is 2.27. The zero-order valence-corrected chi connectivity index (χ0v) is 13.9. The van der Waals surface area contributed by atoms with Crippen LogP contribution in [0.15, 0.2) is 49.3 Å². The van der Waals surface area contributed by atoms with Crippen LogP contribution in [0.2, 0.25) is 5.02 Å². The van der Waals surface area contributed by atoms with Crippen LogP contribution in [-0.4, -0.2) is 29.1 Å². The van der Waals surface area contributed by atoms with E-state index >= 15 is 0 Å². The first-order valence-corrected chi connectivity index (χ1v) is 8.08. The molecule has 0 spiro atoms. The highest BCUT2D eigenvalue weighted by molar-refractivity contribution is 6.33. The second kappa shape index (κ2) is 6.05. The molecular formula is C17H15ClN6. The van der Waals surface area contributed by atoms with Gasteiger partial charge in [0, 0.05) is 23.5 Å². The maximum absolute atomic E-state index is 6.32. The van der Waals surface area contributed by atoms with Gasteiger partial charge in [-0.2, -0.15) is 5.10 Å². The van der Waals surface area contributed by atoms with Crippen molar-refractivity contribution in [3.05, 3.63) is 65.6 Å². The first-order valence-electron chi connectivity index (χ1n) is 7.70. The number of hydrogen-bond donors (Lipinski definition) is 0. The number of rotatable bonds is 4. The van der Waals surface area contributed by atoms with Gasteiger partial charge in [0.2, 0.25) is 0 Å². The maximum Gasteiger partial charge on any atom is 0.162 e. The molecular weight excluding hydrogens is 324 g/mol. The third kappa shape index (κ3) is 2.45. The zero-order valence-electron chi connectivity index (χ0n) is 13.1. The van der Waals surface area contributed by atoms with Crippen molar-refractivity contribution in [3.63, 3.8) is 0 Å². The van der Waals surface area contributed by atoms with E-state index in [0.29, 0.717) is 11.6 Å². The Balaban J connectivity index is 1.78. The lowest BCUT2D eigenvalue weighted by Gasteiger charge is -2.12. The van der Waals surface area contributed by atoms with E-state index in [1.807, 2.05) is 30.5 Å². The second-order valence-corrected chi connectivity index (χ2v) is 5.82. The van der Waals surface area contributed by atoms with Gasteiger partial charge in [-0.1, -0.05) is 30.7 Å². The molecule has 0 aliphatic carbocycles. The number of aryl methyl sites for hydroxylation is 1. The molecule has 7 heteroatoms. The minimum Gasteiger partial charge on any atom is -0.325 e. The number of hydrogen-bond acceptors (Lipinski definition) is 4. The van der Waals surface area contributed by atoms with Gasteiger partial charge < -0.3 is 4.57 Å². The van der Waals surface area contributed by atoms with Gasteiger partial charge >= 0.3 is 0 Å². The monoisotopic (exact) mass is 338 g/mol. The Kier molecular flexibility index (Phi) is 3.74. The van der Waals surface area contributed by atoms with E-state index in [4.69, 9.17) is 11.6 Å².